The van der Waals surface area contributed by atoms with Crippen molar-refractivity contribution in [2.45, 2.75) is 104 Å². The van der Waals surface area contributed by atoms with Gasteiger partial charge in [-0.15, -0.1) is 13.2 Å². The summed E-state index contributed by atoms with van der Waals surface area (Å²) in [6.45, 7) is 18.7. The van der Waals surface area contributed by atoms with Crippen LogP contribution in [0.5, 0.6) is 5.75 Å². The van der Waals surface area contributed by atoms with E-state index in [0.29, 0.717) is 5.92 Å². The zero-order valence-corrected chi connectivity index (χ0v) is 26.8. The van der Waals surface area contributed by atoms with E-state index < -0.39 is 0 Å². The number of hydrogen-bond donors (Lipinski definition) is 0. The largest absolute Gasteiger partial charge is 0.497 e. The molecule has 0 N–H and O–H groups in total. The lowest BCUT2D eigenvalue weighted by Crippen LogP contribution is -2.30. The van der Waals surface area contributed by atoms with Gasteiger partial charge in [-0.1, -0.05) is 120 Å². The normalized spacial score (nSPS) is 12.1. The second-order valence-corrected chi connectivity index (χ2v) is 11.9. The van der Waals surface area contributed by atoms with Gasteiger partial charge in [0.25, 0.3) is 0 Å². The number of methoxy groups -OCH3 is 1. The highest BCUT2D eigenvalue weighted by atomic mass is 16.5. The van der Waals surface area contributed by atoms with Crippen molar-refractivity contribution >= 4 is 0 Å². The molecule has 0 aliphatic carbocycles. The van der Waals surface area contributed by atoms with Crippen LogP contribution in [0.2, 0.25) is 0 Å². The van der Waals surface area contributed by atoms with Crippen LogP contribution < -0.4 is 4.74 Å². The molecule has 2 rings (SSSR count). The highest BCUT2D eigenvalue weighted by molar-refractivity contribution is 5.27. The molecule has 0 radical (unpaired) electrons. The molecule has 0 fully saturated rings. The van der Waals surface area contributed by atoms with Crippen molar-refractivity contribution in [3.8, 4) is 5.75 Å². The lowest BCUT2D eigenvalue weighted by Gasteiger charge is -2.27. The van der Waals surface area contributed by atoms with E-state index >= 15 is 0 Å². The predicted octanol–water partition coefficient (Wildman–Crippen LogP) is 9.86. The smallest absolute Gasteiger partial charge is 0.118 e. The fraction of sp³-hybridized carbons (Fsp3) is 0.579. The maximum Gasteiger partial charge on any atom is 0.118 e. The zero-order valence-electron chi connectivity index (χ0n) is 26.8. The Morgan fingerprint density at radius 1 is 0.659 bits per heavy atom. The quantitative estimate of drug-likeness (QED) is 0.0888. The molecule has 0 aliphatic rings. The van der Waals surface area contributed by atoms with E-state index in [1.807, 2.05) is 6.08 Å². The molecule has 0 heterocycles. The molecular weight excluding hydrogens is 500 g/mol. The van der Waals surface area contributed by atoms with E-state index in [1.54, 1.807) is 7.11 Å². The van der Waals surface area contributed by atoms with Crippen molar-refractivity contribution in [1.82, 2.24) is 9.80 Å². The Kier molecular flexibility index (Phi) is 18.9. The van der Waals surface area contributed by atoms with Gasteiger partial charge in [-0.2, -0.15) is 0 Å². The van der Waals surface area contributed by atoms with Gasteiger partial charge in [0.2, 0.25) is 0 Å². The summed E-state index contributed by atoms with van der Waals surface area (Å²) in [4.78, 5) is 5.10. The Hall–Kier alpha value is -2.36. The van der Waals surface area contributed by atoms with E-state index in [0.717, 1.165) is 51.4 Å². The minimum absolute atomic E-state index is 0.640. The molecule has 1 atom stereocenters. The molecule has 1 unspecified atom stereocenters. The van der Waals surface area contributed by atoms with Crippen LogP contribution in [0.1, 0.15) is 101 Å². The fourth-order valence-electron chi connectivity index (χ4n) is 5.76. The summed E-state index contributed by atoms with van der Waals surface area (Å²) in [6, 6.07) is 18.0. The topological polar surface area (TPSA) is 15.7 Å². The summed E-state index contributed by atoms with van der Waals surface area (Å²) in [6.07, 6.45) is 19.9. The Bertz CT molecular complexity index is 920. The van der Waals surface area contributed by atoms with Crippen LogP contribution >= 0.6 is 0 Å². The summed E-state index contributed by atoms with van der Waals surface area (Å²) < 4.78 is 5.36. The van der Waals surface area contributed by atoms with Crippen molar-refractivity contribution < 1.29 is 4.74 Å². The molecule has 0 bridgehead atoms. The molecular formula is C38H60N2O. The Labute approximate surface area is 253 Å². The molecule has 2 aromatic carbocycles. The summed E-state index contributed by atoms with van der Waals surface area (Å²) in [5.41, 5.74) is 4.20. The number of rotatable bonds is 25. The maximum absolute atomic E-state index is 5.36. The average Bonchev–Trinajstić information content (AvgIpc) is 2.98. The highest BCUT2D eigenvalue weighted by Crippen LogP contribution is 2.21. The van der Waals surface area contributed by atoms with Crippen molar-refractivity contribution in [3.63, 3.8) is 0 Å². The number of nitrogens with zero attached hydrogens (tertiary/aromatic N) is 2. The van der Waals surface area contributed by atoms with Crippen molar-refractivity contribution in [1.29, 1.82) is 0 Å². The third-order valence-corrected chi connectivity index (χ3v) is 8.10. The average molecular weight is 561 g/mol. The van der Waals surface area contributed by atoms with Gasteiger partial charge in [0.05, 0.1) is 7.11 Å². The molecule has 0 aromatic heterocycles. The number of benzene rings is 2. The molecule has 2 aromatic rings. The van der Waals surface area contributed by atoms with Gasteiger partial charge in [-0.3, -0.25) is 9.80 Å². The molecule has 0 amide bonds. The third kappa shape index (κ3) is 15.4. The van der Waals surface area contributed by atoms with Gasteiger partial charge in [0, 0.05) is 32.7 Å². The van der Waals surface area contributed by atoms with Gasteiger partial charge in [-0.25, -0.2) is 0 Å². The number of unbranched alkanes of at least 4 members (excludes halogenated alkanes) is 8. The van der Waals surface area contributed by atoms with Gasteiger partial charge < -0.3 is 4.74 Å². The molecule has 0 saturated heterocycles. The molecule has 41 heavy (non-hydrogen) atoms. The molecule has 0 saturated carbocycles. The fourth-order valence-corrected chi connectivity index (χ4v) is 5.76. The van der Waals surface area contributed by atoms with Gasteiger partial charge in [0.15, 0.2) is 0 Å². The molecule has 3 heteroatoms. The van der Waals surface area contributed by atoms with Crippen molar-refractivity contribution in [3.05, 3.63) is 90.5 Å². The summed E-state index contributed by atoms with van der Waals surface area (Å²) in [7, 11) is 1.72. The van der Waals surface area contributed by atoms with Crippen LogP contribution in [0.3, 0.4) is 0 Å². The Morgan fingerprint density at radius 2 is 1.17 bits per heavy atom. The monoisotopic (exact) mass is 560 g/mol. The van der Waals surface area contributed by atoms with Gasteiger partial charge in [-0.05, 0) is 60.5 Å². The van der Waals surface area contributed by atoms with Gasteiger partial charge >= 0.3 is 0 Å². The summed E-state index contributed by atoms with van der Waals surface area (Å²) in [5.74, 6) is 1.55. The second kappa shape index (κ2) is 22.3. The van der Waals surface area contributed by atoms with E-state index in [1.165, 1.54) is 87.3 Å². The Balaban J connectivity index is 1.99. The van der Waals surface area contributed by atoms with Gasteiger partial charge in [0.1, 0.15) is 5.75 Å². The SMILES string of the molecule is C=CCN(CCCCCCCC)Cc1ccc(CC(CCCCCC)CN(CC=C)Cc2ccc(OC)cc2)cc1. The van der Waals surface area contributed by atoms with Crippen LogP contribution in [0.4, 0.5) is 0 Å². The maximum atomic E-state index is 5.36. The Morgan fingerprint density at radius 3 is 1.78 bits per heavy atom. The van der Waals surface area contributed by atoms with Crippen LogP contribution in [-0.4, -0.2) is 43.1 Å². The van der Waals surface area contributed by atoms with Crippen LogP contribution in [0, 0.1) is 5.92 Å². The molecule has 3 nitrogen and oxygen atoms in total. The van der Waals surface area contributed by atoms with Crippen LogP contribution in [0.15, 0.2) is 73.8 Å². The lowest BCUT2D eigenvalue weighted by molar-refractivity contribution is 0.233. The molecule has 0 spiro atoms. The van der Waals surface area contributed by atoms with Crippen LogP contribution in [-0.2, 0) is 19.5 Å². The van der Waals surface area contributed by atoms with E-state index in [-0.39, 0.29) is 0 Å². The highest BCUT2D eigenvalue weighted by Gasteiger charge is 2.16. The minimum atomic E-state index is 0.640. The molecule has 228 valence electrons. The van der Waals surface area contributed by atoms with E-state index in [4.69, 9.17) is 4.74 Å². The second-order valence-electron chi connectivity index (χ2n) is 11.9. The van der Waals surface area contributed by atoms with Crippen LogP contribution in [0.25, 0.3) is 0 Å². The third-order valence-electron chi connectivity index (χ3n) is 8.10. The first kappa shape index (κ1) is 34.8. The first-order chi connectivity index (χ1) is 20.1. The number of hydrogen-bond acceptors (Lipinski definition) is 3. The van der Waals surface area contributed by atoms with E-state index in [2.05, 4.69) is 91.4 Å². The first-order valence-corrected chi connectivity index (χ1v) is 16.5. The first-order valence-electron chi connectivity index (χ1n) is 16.5. The standard InChI is InChI=1S/C38H60N2O/c1-6-10-12-14-15-17-29-39(27-8-3)31-35-21-19-34(20-22-35)30-37(18-16-13-11-7-2)33-40(28-9-4)32-36-23-25-38(41-5)26-24-36/h8-9,19-26,37H,3-4,6-7,10-18,27-33H2,1-2,5H3. The van der Waals surface area contributed by atoms with E-state index in [9.17, 15) is 0 Å². The predicted molar refractivity (Wildman–Crippen MR) is 180 cm³/mol. The number of ether oxygens (including phenoxy) is 1. The lowest BCUT2D eigenvalue weighted by atomic mass is 9.92. The zero-order chi connectivity index (χ0) is 29.5. The summed E-state index contributed by atoms with van der Waals surface area (Å²) in [5, 5.41) is 0. The minimum Gasteiger partial charge on any atom is -0.497 e. The molecule has 0 aliphatic heterocycles. The van der Waals surface area contributed by atoms with Crippen molar-refractivity contribution in [2.24, 2.45) is 5.92 Å². The summed E-state index contributed by atoms with van der Waals surface area (Å²) >= 11 is 0. The van der Waals surface area contributed by atoms with Crippen molar-refractivity contribution in [2.75, 3.05) is 33.3 Å².